The van der Waals surface area contributed by atoms with Gasteiger partial charge in [0.05, 0.1) is 0 Å². The van der Waals surface area contributed by atoms with E-state index in [9.17, 15) is 0 Å². The van der Waals surface area contributed by atoms with Gasteiger partial charge in [-0.15, -0.1) is 6.58 Å². The summed E-state index contributed by atoms with van der Waals surface area (Å²) in [5.41, 5.74) is 0.277. The molecule has 0 saturated carbocycles. The van der Waals surface area contributed by atoms with Crippen LogP contribution < -0.4 is 5.32 Å². The Hall–Kier alpha value is -0.300. The largest absolute Gasteiger partial charge is 0.316 e. The van der Waals surface area contributed by atoms with Crippen LogP contribution in [0.15, 0.2) is 12.7 Å². The van der Waals surface area contributed by atoms with Crippen LogP contribution in [0.1, 0.15) is 47.0 Å². The van der Waals surface area contributed by atoms with Crippen LogP contribution in [-0.2, 0) is 0 Å². The molecule has 0 radical (unpaired) electrons. The molecule has 1 unspecified atom stereocenters. The van der Waals surface area contributed by atoms with Crippen molar-refractivity contribution in [3.8, 4) is 0 Å². The van der Waals surface area contributed by atoms with E-state index in [2.05, 4.69) is 45.7 Å². The summed E-state index contributed by atoms with van der Waals surface area (Å²) >= 11 is 0. The van der Waals surface area contributed by atoms with Gasteiger partial charge in [-0.3, -0.25) is 0 Å². The Bertz CT molecular complexity index is 151. The van der Waals surface area contributed by atoms with Gasteiger partial charge in [-0.25, -0.2) is 0 Å². The van der Waals surface area contributed by atoms with Crippen molar-refractivity contribution in [3.63, 3.8) is 0 Å². The van der Waals surface area contributed by atoms with E-state index in [-0.39, 0.29) is 5.41 Å². The molecule has 1 atom stereocenters. The molecule has 1 N–H and O–H groups in total. The lowest BCUT2D eigenvalue weighted by atomic mass is 9.83. The van der Waals surface area contributed by atoms with Crippen molar-refractivity contribution in [1.82, 2.24) is 5.32 Å². The highest BCUT2D eigenvalue weighted by Crippen LogP contribution is 2.25. The predicted octanol–water partition coefficient (Wildman–Crippen LogP) is 3.61. The summed E-state index contributed by atoms with van der Waals surface area (Å²) in [4.78, 5) is 0. The third-order valence-corrected chi connectivity index (χ3v) is 2.74. The Balaban J connectivity index is 3.85. The predicted molar refractivity (Wildman–Crippen MR) is 65.5 cm³/mol. The molecule has 1 nitrogen and oxygen atoms in total. The second-order valence-corrected chi connectivity index (χ2v) is 4.97. The summed E-state index contributed by atoms with van der Waals surface area (Å²) < 4.78 is 0. The first-order chi connectivity index (χ1) is 6.54. The van der Waals surface area contributed by atoms with E-state index in [0.29, 0.717) is 0 Å². The molecule has 0 heterocycles. The fraction of sp³-hybridized carbons (Fsp3) is 0.846. The Morgan fingerprint density at radius 2 is 2.07 bits per heavy atom. The van der Waals surface area contributed by atoms with Crippen molar-refractivity contribution in [1.29, 1.82) is 0 Å². The minimum atomic E-state index is 0.277. The molecule has 14 heavy (non-hydrogen) atoms. The van der Waals surface area contributed by atoms with Gasteiger partial charge in [-0.2, -0.15) is 0 Å². The van der Waals surface area contributed by atoms with E-state index in [0.717, 1.165) is 19.0 Å². The van der Waals surface area contributed by atoms with Gasteiger partial charge < -0.3 is 5.32 Å². The fourth-order valence-electron chi connectivity index (χ4n) is 1.43. The Labute approximate surface area is 90.0 Å². The van der Waals surface area contributed by atoms with E-state index in [4.69, 9.17) is 0 Å². The topological polar surface area (TPSA) is 12.0 Å². The maximum Gasteiger partial charge on any atom is 0.00397 e. The van der Waals surface area contributed by atoms with Crippen LogP contribution >= 0.6 is 0 Å². The highest BCUT2D eigenvalue weighted by Gasteiger charge is 2.19. The SMILES string of the molecule is C=CC(C)(CCC(C)C)CNCCC. The molecule has 0 aromatic carbocycles. The summed E-state index contributed by atoms with van der Waals surface area (Å²) in [6.07, 6.45) is 5.84. The van der Waals surface area contributed by atoms with E-state index < -0.39 is 0 Å². The van der Waals surface area contributed by atoms with Crippen LogP contribution in [0.2, 0.25) is 0 Å². The van der Waals surface area contributed by atoms with Crippen molar-refractivity contribution in [3.05, 3.63) is 12.7 Å². The normalized spacial score (nSPS) is 15.5. The molecule has 0 fully saturated rings. The molecule has 0 aliphatic rings. The highest BCUT2D eigenvalue weighted by molar-refractivity contribution is 4.93. The maximum atomic E-state index is 3.95. The summed E-state index contributed by atoms with van der Waals surface area (Å²) in [6, 6.07) is 0. The summed E-state index contributed by atoms with van der Waals surface area (Å²) in [5.74, 6) is 0.792. The van der Waals surface area contributed by atoms with Crippen molar-refractivity contribution in [2.75, 3.05) is 13.1 Å². The fourth-order valence-corrected chi connectivity index (χ4v) is 1.43. The van der Waals surface area contributed by atoms with Crippen LogP contribution in [0.25, 0.3) is 0 Å². The number of hydrogen-bond acceptors (Lipinski definition) is 1. The van der Waals surface area contributed by atoms with Gasteiger partial charge in [0.15, 0.2) is 0 Å². The lowest BCUT2D eigenvalue weighted by molar-refractivity contribution is 0.332. The average Bonchev–Trinajstić information content (AvgIpc) is 2.15. The van der Waals surface area contributed by atoms with Gasteiger partial charge in [-0.05, 0) is 30.7 Å². The molecule has 0 rings (SSSR count). The zero-order chi connectivity index (χ0) is 11.0. The summed E-state index contributed by atoms with van der Waals surface area (Å²) in [6.45, 7) is 15.2. The highest BCUT2D eigenvalue weighted by atomic mass is 14.9. The van der Waals surface area contributed by atoms with Crippen LogP contribution in [-0.4, -0.2) is 13.1 Å². The quantitative estimate of drug-likeness (QED) is 0.463. The number of hydrogen-bond donors (Lipinski definition) is 1. The third-order valence-electron chi connectivity index (χ3n) is 2.74. The van der Waals surface area contributed by atoms with Gasteiger partial charge in [-0.1, -0.05) is 40.2 Å². The molecule has 84 valence electrons. The Morgan fingerprint density at radius 1 is 1.43 bits per heavy atom. The number of nitrogens with one attached hydrogen (secondary N) is 1. The first-order valence-electron chi connectivity index (χ1n) is 5.88. The second kappa shape index (κ2) is 7.05. The van der Waals surface area contributed by atoms with Gasteiger partial charge in [0, 0.05) is 6.54 Å². The number of rotatable bonds is 8. The maximum absolute atomic E-state index is 3.95. The van der Waals surface area contributed by atoms with Gasteiger partial charge in [0.2, 0.25) is 0 Å². The van der Waals surface area contributed by atoms with E-state index in [1.54, 1.807) is 0 Å². The van der Waals surface area contributed by atoms with Gasteiger partial charge in [0.25, 0.3) is 0 Å². The van der Waals surface area contributed by atoms with Crippen molar-refractivity contribution < 1.29 is 0 Å². The van der Waals surface area contributed by atoms with Crippen LogP contribution in [0, 0.1) is 11.3 Å². The smallest absolute Gasteiger partial charge is 0.00397 e. The second-order valence-electron chi connectivity index (χ2n) is 4.97. The Morgan fingerprint density at radius 3 is 2.50 bits per heavy atom. The van der Waals surface area contributed by atoms with E-state index >= 15 is 0 Å². The zero-order valence-corrected chi connectivity index (χ0v) is 10.4. The molecule has 0 spiro atoms. The minimum absolute atomic E-state index is 0.277. The van der Waals surface area contributed by atoms with Crippen molar-refractivity contribution in [2.24, 2.45) is 11.3 Å². The standard InChI is InChI=1S/C13H27N/c1-6-10-14-11-13(5,7-2)9-8-12(3)4/h7,12,14H,2,6,8-11H2,1,3-5H3. The molecule has 0 bridgehead atoms. The molecule has 0 aromatic heterocycles. The van der Waals surface area contributed by atoms with E-state index in [1.807, 2.05) is 0 Å². The molecule has 1 heteroatoms. The van der Waals surface area contributed by atoms with E-state index in [1.165, 1.54) is 19.3 Å². The average molecular weight is 197 g/mol. The summed E-state index contributed by atoms with van der Waals surface area (Å²) in [5, 5.41) is 3.48. The van der Waals surface area contributed by atoms with Crippen LogP contribution in [0.5, 0.6) is 0 Å². The summed E-state index contributed by atoms with van der Waals surface area (Å²) in [7, 11) is 0. The third kappa shape index (κ3) is 6.20. The van der Waals surface area contributed by atoms with Crippen LogP contribution in [0.4, 0.5) is 0 Å². The lowest BCUT2D eigenvalue weighted by Gasteiger charge is -2.27. The molecular formula is C13H27N. The lowest BCUT2D eigenvalue weighted by Crippen LogP contribution is -2.31. The minimum Gasteiger partial charge on any atom is -0.316 e. The monoisotopic (exact) mass is 197 g/mol. The van der Waals surface area contributed by atoms with Gasteiger partial charge in [0.1, 0.15) is 0 Å². The molecule has 0 aliphatic heterocycles. The molecular weight excluding hydrogens is 170 g/mol. The Kier molecular flexibility index (Phi) is 6.90. The molecule has 0 aliphatic carbocycles. The van der Waals surface area contributed by atoms with Crippen molar-refractivity contribution in [2.45, 2.75) is 47.0 Å². The van der Waals surface area contributed by atoms with Crippen molar-refractivity contribution >= 4 is 0 Å². The first kappa shape index (κ1) is 13.7. The van der Waals surface area contributed by atoms with Crippen LogP contribution in [0.3, 0.4) is 0 Å². The first-order valence-corrected chi connectivity index (χ1v) is 5.88. The molecule has 0 saturated heterocycles. The van der Waals surface area contributed by atoms with Gasteiger partial charge >= 0.3 is 0 Å². The molecule has 0 aromatic rings. The zero-order valence-electron chi connectivity index (χ0n) is 10.4. The molecule has 0 amide bonds.